The van der Waals surface area contributed by atoms with Crippen LogP contribution in [0, 0.1) is 0 Å². The number of aliphatic hydroxyl groups excluding tert-OH is 1. The lowest BCUT2D eigenvalue weighted by Gasteiger charge is -2.31. The summed E-state index contributed by atoms with van der Waals surface area (Å²) in [7, 11) is 3.31. The van der Waals surface area contributed by atoms with Gasteiger partial charge in [0.1, 0.15) is 11.8 Å². The van der Waals surface area contributed by atoms with Crippen LogP contribution >= 0.6 is 0 Å². The van der Waals surface area contributed by atoms with E-state index in [1.54, 1.807) is 26.3 Å². The molecule has 0 saturated carbocycles. The molecule has 3 N–H and O–H groups in total. The number of amides is 2. The Balaban J connectivity index is 1.75. The molecule has 8 nitrogen and oxygen atoms in total. The van der Waals surface area contributed by atoms with Crippen molar-refractivity contribution >= 4 is 11.8 Å². The minimum absolute atomic E-state index is 0.0666. The molecule has 0 aliphatic heterocycles. The Bertz CT molecular complexity index is 1190. The molecule has 43 heavy (non-hydrogen) atoms. The van der Waals surface area contributed by atoms with E-state index in [0.717, 1.165) is 41.7 Å². The van der Waals surface area contributed by atoms with Crippen molar-refractivity contribution in [1.29, 1.82) is 0 Å². The highest BCUT2D eigenvalue weighted by atomic mass is 16.5. The fraction of sp³-hybridized carbons (Fsp3) is 0.486. The largest absolute Gasteiger partial charge is 0.497 e. The first kappa shape index (κ1) is 34.0. The molecule has 234 valence electrons. The Morgan fingerprint density at radius 3 is 2.56 bits per heavy atom. The summed E-state index contributed by atoms with van der Waals surface area (Å²) in [6.45, 7) is 10.3. The number of nitrogens with one attached hydrogen (secondary N) is 2. The molecular formula is C35H49N3O5. The highest BCUT2D eigenvalue weighted by molar-refractivity contribution is 5.88. The lowest BCUT2D eigenvalue weighted by atomic mass is 9.99. The Kier molecular flexibility index (Phi) is 13.9. The predicted molar refractivity (Wildman–Crippen MR) is 171 cm³/mol. The quantitative estimate of drug-likeness (QED) is 0.156. The summed E-state index contributed by atoms with van der Waals surface area (Å²) >= 11 is 0. The average molecular weight is 592 g/mol. The van der Waals surface area contributed by atoms with Crippen LogP contribution in [0.25, 0.3) is 0 Å². The van der Waals surface area contributed by atoms with Crippen molar-refractivity contribution in [3.05, 3.63) is 90.5 Å². The Morgan fingerprint density at radius 1 is 1.12 bits per heavy atom. The molecule has 0 spiro atoms. The Morgan fingerprint density at radius 2 is 1.88 bits per heavy atom. The van der Waals surface area contributed by atoms with Crippen LogP contribution in [0.4, 0.5) is 0 Å². The molecule has 2 unspecified atom stereocenters. The zero-order valence-corrected chi connectivity index (χ0v) is 26.0. The van der Waals surface area contributed by atoms with Gasteiger partial charge in [0.05, 0.1) is 32.0 Å². The minimum Gasteiger partial charge on any atom is -0.497 e. The number of carbonyl (C=O) groups excluding carboxylic acids is 2. The van der Waals surface area contributed by atoms with Crippen LogP contribution in [0.2, 0.25) is 0 Å². The number of rotatable bonds is 19. The van der Waals surface area contributed by atoms with E-state index in [1.807, 2.05) is 48.5 Å². The molecule has 2 aromatic carbocycles. The number of nitrogens with zero attached hydrogens (tertiary/aromatic N) is 1. The molecule has 0 heterocycles. The van der Waals surface area contributed by atoms with Crippen LogP contribution in [0.15, 0.2) is 73.8 Å². The normalized spacial score (nSPS) is 17.8. The van der Waals surface area contributed by atoms with Gasteiger partial charge in [0.25, 0.3) is 0 Å². The molecule has 1 aliphatic carbocycles. The SMILES string of the molecule is C=CCO[C@@H]1C[C@H](NCC(O)C(Cc2ccccc2)NC(=O)[C@H](CC=C)N(C)C(=O)CCCCC)c2cc(OC)ccc21. The number of aliphatic hydroxyl groups is 1. The molecule has 0 bridgehead atoms. The molecule has 0 aromatic heterocycles. The second-order valence-corrected chi connectivity index (χ2v) is 11.2. The van der Waals surface area contributed by atoms with E-state index in [1.165, 1.54) is 4.90 Å². The van der Waals surface area contributed by atoms with E-state index < -0.39 is 18.2 Å². The van der Waals surface area contributed by atoms with Crippen LogP contribution < -0.4 is 15.4 Å². The molecule has 0 saturated heterocycles. The summed E-state index contributed by atoms with van der Waals surface area (Å²) < 4.78 is 11.5. The van der Waals surface area contributed by atoms with Crippen LogP contribution in [-0.4, -0.2) is 67.3 Å². The first-order valence-corrected chi connectivity index (χ1v) is 15.3. The zero-order valence-electron chi connectivity index (χ0n) is 26.0. The van der Waals surface area contributed by atoms with Gasteiger partial charge < -0.3 is 30.1 Å². The topological polar surface area (TPSA) is 100 Å². The highest BCUT2D eigenvalue weighted by Crippen LogP contribution is 2.42. The molecule has 2 amide bonds. The highest BCUT2D eigenvalue weighted by Gasteiger charge is 2.34. The van der Waals surface area contributed by atoms with Crippen LogP contribution in [-0.2, 0) is 20.7 Å². The van der Waals surface area contributed by atoms with Gasteiger partial charge in [-0.05, 0) is 54.5 Å². The molecular weight excluding hydrogens is 542 g/mol. The first-order chi connectivity index (χ1) is 20.8. The van der Waals surface area contributed by atoms with E-state index in [4.69, 9.17) is 9.47 Å². The van der Waals surface area contributed by atoms with E-state index in [-0.39, 0.29) is 30.5 Å². The van der Waals surface area contributed by atoms with E-state index in [2.05, 4.69) is 30.7 Å². The number of unbranched alkanes of at least 4 members (excludes halogenated alkanes) is 2. The first-order valence-electron chi connectivity index (χ1n) is 15.3. The average Bonchev–Trinajstić information content (AvgIpc) is 3.37. The van der Waals surface area contributed by atoms with Crippen molar-refractivity contribution in [2.45, 2.75) is 82.2 Å². The zero-order chi connectivity index (χ0) is 31.2. The van der Waals surface area contributed by atoms with Gasteiger partial charge in [-0.15, -0.1) is 13.2 Å². The number of hydrogen-bond acceptors (Lipinski definition) is 6. The van der Waals surface area contributed by atoms with Crippen molar-refractivity contribution in [2.75, 3.05) is 27.3 Å². The third-order valence-electron chi connectivity index (χ3n) is 8.09. The Labute approximate surface area is 257 Å². The minimum atomic E-state index is -0.902. The van der Waals surface area contributed by atoms with Gasteiger partial charge in [0.2, 0.25) is 11.8 Å². The monoisotopic (exact) mass is 591 g/mol. The maximum atomic E-state index is 13.6. The summed E-state index contributed by atoms with van der Waals surface area (Å²) in [4.78, 5) is 28.0. The smallest absolute Gasteiger partial charge is 0.243 e. The molecule has 1 aliphatic rings. The van der Waals surface area contributed by atoms with Crippen molar-refractivity contribution in [2.24, 2.45) is 0 Å². The lowest BCUT2D eigenvalue weighted by Crippen LogP contribution is -2.55. The summed E-state index contributed by atoms with van der Waals surface area (Å²) in [6, 6.07) is 14.4. The summed E-state index contributed by atoms with van der Waals surface area (Å²) in [5.74, 6) is 0.382. The lowest BCUT2D eigenvalue weighted by molar-refractivity contribution is -0.139. The second kappa shape index (κ2) is 17.6. The number of fused-ring (bicyclic) bond motifs is 1. The number of carbonyl (C=O) groups is 2. The van der Waals surface area contributed by atoms with Crippen molar-refractivity contribution in [3.63, 3.8) is 0 Å². The molecule has 5 atom stereocenters. The van der Waals surface area contributed by atoms with Crippen LogP contribution in [0.1, 0.15) is 74.3 Å². The van der Waals surface area contributed by atoms with Gasteiger partial charge in [-0.1, -0.05) is 68.3 Å². The van der Waals surface area contributed by atoms with Crippen molar-refractivity contribution < 1.29 is 24.2 Å². The number of benzene rings is 2. The number of methoxy groups -OCH3 is 1. The molecule has 3 rings (SSSR count). The van der Waals surface area contributed by atoms with E-state index in [0.29, 0.717) is 32.3 Å². The number of hydrogen-bond donors (Lipinski definition) is 3. The predicted octanol–water partition coefficient (Wildman–Crippen LogP) is 5.05. The van der Waals surface area contributed by atoms with E-state index >= 15 is 0 Å². The Hall–Kier alpha value is -3.46. The number of likely N-dealkylation sites (N-methyl/N-ethyl adjacent to an activating group) is 1. The van der Waals surface area contributed by atoms with Gasteiger partial charge in [0.15, 0.2) is 0 Å². The van der Waals surface area contributed by atoms with Gasteiger partial charge in [-0.25, -0.2) is 0 Å². The molecule has 0 radical (unpaired) electrons. The summed E-state index contributed by atoms with van der Waals surface area (Å²) in [6.07, 6.45) is 7.02. The fourth-order valence-electron chi connectivity index (χ4n) is 5.59. The van der Waals surface area contributed by atoms with Crippen LogP contribution in [0.5, 0.6) is 5.75 Å². The third-order valence-corrected chi connectivity index (χ3v) is 8.09. The van der Waals surface area contributed by atoms with Gasteiger partial charge in [-0.2, -0.15) is 0 Å². The van der Waals surface area contributed by atoms with Crippen molar-refractivity contribution in [1.82, 2.24) is 15.5 Å². The molecule has 2 aromatic rings. The standard InChI is InChI=1S/C35H49N3O5/c1-6-9-11-17-34(40)38(4)31(14-7-2)35(41)37-30(21-25-15-12-10-13-16-25)32(39)24-36-29-23-33(43-20-8-3)27-19-18-26(42-5)22-28(27)29/h7-8,10,12-13,15-16,18-19,22,29-33,36,39H,2-3,6,9,11,14,17,20-21,23-24H2,1,4-5H3,(H,37,41)/t29-,30?,31-,32?,33+/m0/s1. The maximum absolute atomic E-state index is 13.6. The third kappa shape index (κ3) is 9.78. The van der Waals surface area contributed by atoms with Gasteiger partial charge >= 0.3 is 0 Å². The summed E-state index contributed by atoms with van der Waals surface area (Å²) in [5, 5.41) is 18.1. The molecule has 0 fully saturated rings. The second-order valence-electron chi connectivity index (χ2n) is 11.2. The van der Waals surface area contributed by atoms with Gasteiger partial charge in [0, 0.05) is 26.1 Å². The molecule has 8 heteroatoms. The fourth-order valence-corrected chi connectivity index (χ4v) is 5.59. The van der Waals surface area contributed by atoms with Crippen LogP contribution in [0.3, 0.4) is 0 Å². The maximum Gasteiger partial charge on any atom is 0.243 e. The summed E-state index contributed by atoms with van der Waals surface area (Å²) in [5.41, 5.74) is 3.14. The van der Waals surface area contributed by atoms with E-state index in [9.17, 15) is 14.7 Å². The van der Waals surface area contributed by atoms with Crippen molar-refractivity contribution in [3.8, 4) is 5.75 Å². The van der Waals surface area contributed by atoms with Gasteiger partial charge in [-0.3, -0.25) is 9.59 Å². The number of ether oxygens (including phenoxy) is 2.